The van der Waals surface area contributed by atoms with Crippen LogP contribution in [-0.4, -0.2) is 35.7 Å². The third-order valence-electron chi connectivity index (χ3n) is 3.41. The van der Waals surface area contributed by atoms with Crippen LogP contribution >= 0.6 is 15.9 Å². The molecule has 0 saturated carbocycles. The molecule has 2 atom stereocenters. The zero-order valence-corrected chi connectivity index (χ0v) is 12.3. The molecule has 16 heavy (non-hydrogen) atoms. The molecule has 3 heteroatoms. The lowest BCUT2D eigenvalue weighted by Crippen LogP contribution is -2.47. The highest BCUT2D eigenvalue weighted by atomic mass is 79.9. The van der Waals surface area contributed by atoms with Gasteiger partial charge in [-0.15, -0.1) is 0 Å². The molecule has 1 heterocycles. The first-order valence-electron chi connectivity index (χ1n) is 6.75. The van der Waals surface area contributed by atoms with Crippen molar-refractivity contribution in [1.82, 2.24) is 4.90 Å². The van der Waals surface area contributed by atoms with Crippen LogP contribution in [0.25, 0.3) is 0 Å². The van der Waals surface area contributed by atoms with E-state index in [1.807, 2.05) is 0 Å². The van der Waals surface area contributed by atoms with E-state index in [-0.39, 0.29) is 5.01 Å². The van der Waals surface area contributed by atoms with Gasteiger partial charge in [0, 0.05) is 12.6 Å². The molecule has 1 aliphatic rings. The van der Waals surface area contributed by atoms with Crippen molar-refractivity contribution < 1.29 is 4.74 Å². The highest BCUT2D eigenvalue weighted by Crippen LogP contribution is 2.19. The summed E-state index contributed by atoms with van der Waals surface area (Å²) in [4.78, 5) is 2.54. The standard InChI is InChI=1S/C13H26BrNO/c1-3-4-5-6-7-8-9-15-10-11-16-13(14)12(15)2/h12-13H,3-11H2,1-2H3. The van der Waals surface area contributed by atoms with Gasteiger partial charge in [0.15, 0.2) is 0 Å². The average Bonchev–Trinajstić information content (AvgIpc) is 2.29. The van der Waals surface area contributed by atoms with Gasteiger partial charge in [0.25, 0.3) is 0 Å². The predicted molar refractivity (Wildman–Crippen MR) is 73.1 cm³/mol. The Labute approximate surface area is 109 Å². The summed E-state index contributed by atoms with van der Waals surface area (Å²) in [6.45, 7) is 7.72. The van der Waals surface area contributed by atoms with E-state index >= 15 is 0 Å². The Balaban J connectivity index is 2.03. The molecule has 96 valence electrons. The van der Waals surface area contributed by atoms with Crippen LogP contribution in [0.5, 0.6) is 0 Å². The second kappa shape index (κ2) is 8.48. The summed E-state index contributed by atoms with van der Waals surface area (Å²) >= 11 is 3.57. The van der Waals surface area contributed by atoms with E-state index in [1.165, 1.54) is 45.1 Å². The molecule has 0 aromatic carbocycles. The van der Waals surface area contributed by atoms with Crippen LogP contribution in [-0.2, 0) is 4.74 Å². The second-order valence-electron chi connectivity index (χ2n) is 4.77. The van der Waals surface area contributed by atoms with Crippen LogP contribution in [0.1, 0.15) is 52.4 Å². The summed E-state index contributed by atoms with van der Waals surface area (Å²) in [5.41, 5.74) is 0. The van der Waals surface area contributed by atoms with E-state index in [4.69, 9.17) is 4.74 Å². The lowest BCUT2D eigenvalue weighted by atomic mass is 10.1. The molecule has 0 aromatic heterocycles. The van der Waals surface area contributed by atoms with Gasteiger partial charge < -0.3 is 4.74 Å². The first kappa shape index (κ1) is 14.5. The first-order chi connectivity index (χ1) is 7.75. The maximum atomic E-state index is 5.55. The Morgan fingerprint density at radius 3 is 2.62 bits per heavy atom. The fraction of sp³-hybridized carbons (Fsp3) is 1.00. The molecular formula is C13H26BrNO. The van der Waals surface area contributed by atoms with Crippen molar-refractivity contribution in [3.8, 4) is 0 Å². The lowest BCUT2D eigenvalue weighted by Gasteiger charge is -2.36. The van der Waals surface area contributed by atoms with Crippen molar-refractivity contribution in [3.05, 3.63) is 0 Å². The molecular weight excluding hydrogens is 266 g/mol. The number of alkyl halides is 1. The number of rotatable bonds is 7. The third-order valence-corrected chi connectivity index (χ3v) is 4.44. The molecule has 0 spiro atoms. The van der Waals surface area contributed by atoms with Gasteiger partial charge in [-0.2, -0.15) is 0 Å². The second-order valence-corrected chi connectivity index (χ2v) is 5.67. The van der Waals surface area contributed by atoms with E-state index in [0.29, 0.717) is 6.04 Å². The maximum Gasteiger partial charge on any atom is 0.127 e. The SMILES string of the molecule is CCCCCCCCN1CCOC(Br)C1C. The summed E-state index contributed by atoms with van der Waals surface area (Å²) in [5.74, 6) is 0. The molecule has 0 radical (unpaired) electrons. The highest BCUT2D eigenvalue weighted by Gasteiger charge is 2.25. The van der Waals surface area contributed by atoms with Crippen molar-refractivity contribution >= 4 is 15.9 Å². The molecule has 0 bridgehead atoms. The molecule has 2 nitrogen and oxygen atoms in total. The minimum Gasteiger partial charge on any atom is -0.364 e. The Hall–Kier alpha value is 0.400. The van der Waals surface area contributed by atoms with E-state index in [1.54, 1.807) is 0 Å². The Morgan fingerprint density at radius 2 is 1.88 bits per heavy atom. The molecule has 2 unspecified atom stereocenters. The molecule has 1 rings (SSSR count). The topological polar surface area (TPSA) is 12.5 Å². The first-order valence-corrected chi connectivity index (χ1v) is 7.67. The van der Waals surface area contributed by atoms with Gasteiger partial charge >= 0.3 is 0 Å². The Bertz CT molecular complexity index is 177. The van der Waals surface area contributed by atoms with Gasteiger partial charge in [-0.1, -0.05) is 55.0 Å². The minimum absolute atomic E-state index is 0.223. The normalized spacial score (nSPS) is 27.2. The van der Waals surface area contributed by atoms with Crippen molar-refractivity contribution in [1.29, 1.82) is 0 Å². The molecule has 0 aromatic rings. The number of ether oxygens (including phenoxy) is 1. The average molecular weight is 292 g/mol. The zero-order chi connectivity index (χ0) is 11.8. The molecule has 1 aliphatic heterocycles. The van der Waals surface area contributed by atoms with Crippen LogP contribution in [0, 0.1) is 0 Å². The summed E-state index contributed by atoms with van der Waals surface area (Å²) in [6, 6.07) is 0.518. The largest absolute Gasteiger partial charge is 0.364 e. The summed E-state index contributed by atoms with van der Waals surface area (Å²) in [6.07, 6.45) is 8.29. The van der Waals surface area contributed by atoms with Gasteiger partial charge in [0.1, 0.15) is 5.01 Å². The van der Waals surface area contributed by atoms with Gasteiger partial charge in [0.2, 0.25) is 0 Å². The van der Waals surface area contributed by atoms with Crippen LogP contribution in [0.4, 0.5) is 0 Å². The van der Waals surface area contributed by atoms with Crippen LogP contribution in [0.15, 0.2) is 0 Å². The van der Waals surface area contributed by atoms with E-state index in [9.17, 15) is 0 Å². The third kappa shape index (κ3) is 5.15. The van der Waals surface area contributed by atoms with Crippen molar-refractivity contribution in [2.75, 3.05) is 19.7 Å². The van der Waals surface area contributed by atoms with Crippen LogP contribution < -0.4 is 0 Å². The zero-order valence-electron chi connectivity index (χ0n) is 10.8. The highest BCUT2D eigenvalue weighted by molar-refractivity contribution is 9.09. The predicted octanol–water partition coefficient (Wildman–Crippen LogP) is 3.79. The maximum absolute atomic E-state index is 5.55. The molecule has 0 aliphatic carbocycles. The summed E-state index contributed by atoms with van der Waals surface area (Å²) < 4.78 is 5.55. The van der Waals surface area contributed by atoms with Crippen LogP contribution in [0.2, 0.25) is 0 Å². The monoisotopic (exact) mass is 291 g/mol. The number of halogens is 1. The van der Waals surface area contributed by atoms with Crippen molar-refractivity contribution in [2.45, 2.75) is 63.4 Å². The van der Waals surface area contributed by atoms with Gasteiger partial charge in [0.05, 0.1) is 6.61 Å². The molecule has 0 amide bonds. The number of unbranched alkanes of at least 4 members (excludes halogenated alkanes) is 5. The van der Waals surface area contributed by atoms with E-state index in [2.05, 4.69) is 34.7 Å². The van der Waals surface area contributed by atoms with Gasteiger partial charge in [-0.05, 0) is 19.9 Å². The summed E-state index contributed by atoms with van der Waals surface area (Å²) in [7, 11) is 0. The molecule has 1 saturated heterocycles. The van der Waals surface area contributed by atoms with E-state index < -0.39 is 0 Å². The number of morpholine rings is 1. The molecule has 1 fully saturated rings. The Kier molecular flexibility index (Phi) is 7.67. The Morgan fingerprint density at radius 1 is 1.19 bits per heavy atom. The fourth-order valence-corrected chi connectivity index (χ4v) is 2.72. The minimum atomic E-state index is 0.223. The van der Waals surface area contributed by atoms with E-state index in [0.717, 1.165) is 13.2 Å². The summed E-state index contributed by atoms with van der Waals surface area (Å²) in [5, 5.41) is 0.223. The fourth-order valence-electron chi connectivity index (χ4n) is 2.20. The van der Waals surface area contributed by atoms with Gasteiger partial charge in [-0.3, -0.25) is 4.90 Å². The number of hydrogen-bond donors (Lipinski definition) is 0. The van der Waals surface area contributed by atoms with Crippen molar-refractivity contribution in [3.63, 3.8) is 0 Å². The molecule has 0 N–H and O–H groups in total. The lowest BCUT2D eigenvalue weighted by molar-refractivity contribution is -0.0168. The smallest absolute Gasteiger partial charge is 0.127 e. The number of hydrogen-bond acceptors (Lipinski definition) is 2. The van der Waals surface area contributed by atoms with Crippen molar-refractivity contribution in [2.24, 2.45) is 0 Å². The van der Waals surface area contributed by atoms with Crippen LogP contribution in [0.3, 0.4) is 0 Å². The quantitative estimate of drug-likeness (QED) is 0.523. The number of nitrogens with zero attached hydrogens (tertiary/aromatic N) is 1. The van der Waals surface area contributed by atoms with Gasteiger partial charge in [-0.25, -0.2) is 0 Å².